The molecular formula is C25H32FN7O2. The maximum atomic E-state index is 14.4. The first-order valence-corrected chi connectivity index (χ1v) is 12.1. The molecular weight excluding hydrogens is 449 g/mol. The van der Waals surface area contributed by atoms with Gasteiger partial charge in [-0.05, 0) is 49.3 Å². The minimum absolute atomic E-state index is 0.00949. The Bertz CT molecular complexity index is 1240. The summed E-state index contributed by atoms with van der Waals surface area (Å²) in [6, 6.07) is 3.75. The van der Waals surface area contributed by atoms with Gasteiger partial charge in [-0.25, -0.2) is 19.3 Å². The molecule has 2 fully saturated rings. The van der Waals surface area contributed by atoms with E-state index in [0.717, 1.165) is 22.2 Å². The number of piperidine rings is 1. The number of aromatic nitrogens is 4. The van der Waals surface area contributed by atoms with Crippen molar-refractivity contribution < 1.29 is 14.6 Å². The van der Waals surface area contributed by atoms with Crippen molar-refractivity contribution in [2.75, 3.05) is 34.8 Å². The van der Waals surface area contributed by atoms with E-state index in [0.29, 0.717) is 37.1 Å². The normalized spacial score (nSPS) is 26.8. The van der Waals surface area contributed by atoms with E-state index in [1.165, 1.54) is 6.92 Å². The predicted molar refractivity (Wildman–Crippen MR) is 134 cm³/mol. The van der Waals surface area contributed by atoms with Gasteiger partial charge in [0.1, 0.15) is 23.6 Å². The first-order valence-electron chi connectivity index (χ1n) is 12.1. The predicted octanol–water partition coefficient (Wildman–Crippen LogP) is 3.16. The van der Waals surface area contributed by atoms with Crippen LogP contribution in [0.25, 0.3) is 10.8 Å². The third-order valence-electron chi connectivity index (χ3n) is 7.23. The quantitative estimate of drug-likeness (QED) is 0.506. The van der Waals surface area contributed by atoms with Gasteiger partial charge in [-0.3, -0.25) is 0 Å². The van der Waals surface area contributed by atoms with Crippen molar-refractivity contribution in [1.29, 1.82) is 0 Å². The largest absolute Gasteiger partial charge is 0.389 e. The number of hydrogen-bond donors (Lipinski definition) is 3. The highest BCUT2D eigenvalue weighted by molar-refractivity contribution is 5.96. The summed E-state index contributed by atoms with van der Waals surface area (Å²) in [5.74, 6) is 2.68. The maximum absolute atomic E-state index is 14.4. The van der Waals surface area contributed by atoms with Gasteiger partial charge in [0.25, 0.3) is 0 Å². The fraction of sp³-hybridized carbons (Fsp3) is 0.520. The van der Waals surface area contributed by atoms with Gasteiger partial charge >= 0.3 is 0 Å². The molecule has 9 nitrogen and oxygen atoms in total. The van der Waals surface area contributed by atoms with E-state index in [2.05, 4.69) is 39.0 Å². The summed E-state index contributed by atoms with van der Waals surface area (Å²) < 4.78 is 14.4. The lowest BCUT2D eigenvalue weighted by Crippen LogP contribution is -2.59. The van der Waals surface area contributed by atoms with Crippen LogP contribution < -0.4 is 15.1 Å². The maximum Gasteiger partial charge on any atom is 0.227 e. The topological polar surface area (TPSA) is 111 Å². The van der Waals surface area contributed by atoms with Crippen LogP contribution in [0.2, 0.25) is 0 Å². The van der Waals surface area contributed by atoms with Crippen LogP contribution in [-0.2, 0) is 0 Å². The average Bonchev–Trinajstić information content (AvgIpc) is 2.83. The van der Waals surface area contributed by atoms with Crippen molar-refractivity contribution in [2.45, 2.75) is 64.0 Å². The molecule has 0 spiro atoms. The van der Waals surface area contributed by atoms with Crippen molar-refractivity contribution in [1.82, 2.24) is 19.9 Å². The molecule has 0 amide bonds. The van der Waals surface area contributed by atoms with Crippen LogP contribution in [0.1, 0.15) is 45.6 Å². The van der Waals surface area contributed by atoms with Crippen molar-refractivity contribution >= 4 is 34.2 Å². The number of hydrogen-bond acceptors (Lipinski definition) is 9. The van der Waals surface area contributed by atoms with Crippen molar-refractivity contribution in [3.63, 3.8) is 0 Å². The van der Waals surface area contributed by atoms with Gasteiger partial charge in [0.15, 0.2) is 0 Å². The Morgan fingerprint density at radius 3 is 2.63 bits per heavy atom. The van der Waals surface area contributed by atoms with E-state index in [1.807, 2.05) is 25.4 Å². The molecule has 4 atom stereocenters. The molecule has 35 heavy (non-hydrogen) atoms. The lowest BCUT2D eigenvalue weighted by molar-refractivity contribution is -0.0332. The third-order valence-corrected chi connectivity index (χ3v) is 7.23. The average molecular weight is 482 g/mol. The summed E-state index contributed by atoms with van der Waals surface area (Å²) in [5.41, 5.74) is -0.213. The number of nitrogens with zero attached hydrogens (tertiary/aromatic N) is 6. The molecule has 3 aromatic rings. The van der Waals surface area contributed by atoms with E-state index in [-0.39, 0.29) is 24.6 Å². The Balaban J connectivity index is 1.43. The molecule has 5 heterocycles. The fourth-order valence-electron chi connectivity index (χ4n) is 4.65. The van der Waals surface area contributed by atoms with E-state index < -0.39 is 11.8 Å². The van der Waals surface area contributed by atoms with Crippen LogP contribution in [0.3, 0.4) is 0 Å². The van der Waals surface area contributed by atoms with Crippen LogP contribution in [0.4, 0.5) is 27.8 Å². The molecule has 10 heteroatoms. The van der Waals surface area contributed by atoms with E-state index in [1.54, 1.807) is 17.2 Å². The van der Waals surface area contributed by atoms with Crippen LogP contribution in [0.15, 0.2) is 30.7 Å². The summed E-state index contributed by atoms with van der Waals surface area (Å²) in [6.07, 6.45) is 3.94. The number of pyridine rings is 2. The molecule has 2 aliphatic rings. The fourth-order valence-corrected chi connectivity index (χ4v) is 4.65. The van der Waals surface area contributed by atoms with Crippen LogP contribution in [0, 0.1) is 0 Å². The minimum atomic E-state index is -1.37. The summed E-state index contributed by atoms with van der Waals surface area (Å²) in [7, 11) is 0. The van der Waals surface area contributed by atoms with E-state index in [9.17, 15) is 14.6 Å². The Kier molecular flexibility index (Phi) is 5.96. The van der Waals surface area contributed by atoms with Crippen LogP contribution in [-0.4, -0.2) is 73.7 Å². The number of rotatable bonds is 5. The zero-order chi connectivity index (χ0) is 24.9. The number of fused-ring (bicyclic) bond motifs is 1. The Morgan fingerprint density at radius 2 is 1.94 bits per heavy atom. The van der Waals surface area contributed by atoms with Crippen molar-refractivity contribution in [2.24, 2.45) is 0 Å². The molecule has 0 saturated carbocycles. The lowest BCUT2D eigenvalue weighted by Gasteiger charge is -2.44. The van der Waals surface area contributed by atoms with Gasteiger partial charge in [-0.1, -0.05) is 13.8 Å². The molecule has 2 saturated heterocycles. The number of halogens is 1. The number of aliphatic hydroxyl groups is 2. The SMILES string of the molecule is CC(C)c1cnc(N2C[C@H](O)[C@H]2C)c2cnc(Nc3ccnc(N4CC[C@@](C)(O)[C@@H](F)C4)n3)cc12. The molecule has 0 bridgehead atoms. The third kappa shape index (κ3) is 4.36. The van der Waals surface area contributed by atoms with Gasteiger partial charge in [0.2, 0.25) is 5.95 Å². The second-order valence-corrected chi connectivity index (χ2v) is 10.2. The van der Waals surface area contributed by atoms with E-state index >= 15 is 0 Å². The number of anilines is 4. The summed E-state index contributed by atoms with van der Waals surface area (Å²) in [4.78, 5) is 22.0. The van der Waals surface area contributed by atoms with E-state index in [4.69, 9.17) is 4.98 Å². The molecule has 0 aliphatic carbocycles. The lowest BCUT2D eigenvalue weighted by atomic mass is 9.92. The van der Waals surface area contributed by atoms with Crippen LogP contribution in [0.5, 0.6) is 0 Å². The van der Waals surface area contributed by atoms with Gasteiger partial charge < -0.3 is 25.3 Å². The van der Waals surface area contributed by atoms with Gasteiger partial charge in [-0.15, -0.1) is 0 Å². The first-order chi connectivity index (χ1) is 16.6. The molecule has 0 unspecified atom stereocenters. The van der Waals surface area contributed by atoms with Gasteiger partial charge in [0.05, 0.1) is 24.3 Å². The zero-order valence-corrected chi connectivity index (χ0v) is 20.5. The highest BCUT2D eigenvalue weighted by atomic mass is 19.1. The van der Waals surface area contributed by atoms with Crippen molar-refractivity contribution in [3.8, 4) is 0 Å². The Hall–Kier alpha value is -3.11. The molecule has 2 aliphatic heterocycles. The van der Waals surface area contributed by atoms with Gasteiger partial charge in [-0.2, -0.15) is 4.98 Å². The second-order valence-electron chi connectivity index (χ2n) is 10.2. The Morgan fingerprint density at radius 1 is 1.14 bits per heavy atom. The summed E-state index contributed by atoms with van der Waals surface area (Å²) in [6.45, 7) is 8.84. The monoisotopic (exact) mass is 481 g/mol. The standard InChI is InChI=1S/C25H32FN7O2/c1-14(2)17-10-29-23(33-12-19(34)15(33)3)18-11-28-22(9-16(17)18)30-21-5-7-27-24(31-21)32-8-6-25(4,35)20(26)13-32/h5,7,9-11,14-15,19-20,34-35H,6,8,12-13H2,1-4H3,(H,27,28,30,31)/t15-,19+,20+,25-/m1/s1. The molecule has 0 radical (unpaired) electrons. The smallest absolute Gasteiger partial charge is 0.227 e. The number of nitrogens with one attached hydrogen (secondary N) is 1. The number of alkyl halides is 1. The zero-order valence-electron chi connectivity index (χ0n) is 20.5. The first kappa shape index (κ1) is 23.6. The molecule has 3 N–H and O–H groups in total. The summed E-state index contributed by atoms with van der Waals surface area (Å²) in [5, 5.41) is 25.4. The second kappa shape index (κ2) is 8.83. The number of aliphatic hydroxyl groups excluding tert-OH is 1. The minimum Gasteiger partial charge on any atom is -0.389 e. The number of β-amino-alcohol motifs (C(OH)–C–C–N with tert-alkyl or cyclic N) is 1. The molecule has 5 rings (SSSR count). The highest BCUT2D eigenvalue weighted by Gasteiger charge is 2.39. The molecule has 186 valence electrons. The highest BCUT2D eigenvalue weighted by Crippen LogP contribution is 2.36. The van der Waals surface area contributed by atoms with Gasteiger partial charge in [0, 0.05) is 37.1 Å². The summed E-state index contributed by atoms with van der Waals surface area (Å²) >= 11 is 0. The van der Waals surface area contributed by atoms with Crippen molar-refractivity contribution in [3.05, 3.63) is 36.3 Å². The molecule has 0 aromatic carbocycles. The molecule has 3 aromatic heterocycles. The van der Waals surface area contributed by atoms with Crippen LogP contribution >= 0.6 is 0 Å². The Labute approximate surface area is 204 Å².